The SMILES string of the molecule is C1CCNCC1.CCN(CC)CC.Cc1ccc(C(=O)CC#N)cc1.Cc1ccc(C(=O)c2c(N)sc3c2CCOC3)cc1.Cc1ccc(C(=O)c2c(NC(=O)CCl)sc3c2CCOC3)cc1.Cc1ccc(C(=O)c2c(NC(=O)CN3CCCCC3)sc3c2CCOC3)cc1.O=C(Cl)CCl.O=C1CCOCC1. The molecule has 9 heterocycles. The standard InChI is InChI=1S/C22H26N2O3S.C17H16ClNO3S.C15H15NO2S.C10H9NO.C6H15N.C5H11N.C5H8O2.C2H2Cl2O/c1-15-5-7-16(8-6-15)21(26)20-17-9-12-27-14-18(17)28-22(20)23-19(25)13-24-10-3-2-4-11-24;1-10-2-4-11(5-3-10)16(21)15-12-6-7-22-9-13(12)23-17(15)19-14(20)8-18;1-9-2-4-10(5-3-9)14(17)13-11-6-7-18-8-12(11)19-15(13)16;1-8-2-4-9(5-3-8)10(12)6-7-11;1-4-7(5-2)6-3;1-2-4-6-5-3-1;6-5-1-3-7-4-2-5;3-1-2(4)5/h5-8H,2-4,9-14H2,1H3,(H,23,25);2-5H,6-9H2,1H3,(H,19,20);2-5H,6-8,16H2,1H3;2-5H,6H2,1H3;4-6H2,1-3H3;6H,1-5H2;1-4H2;1H2. The van der Waals surface area contributed by atoms with Crippen molar-refractivity contribution in [1.82, 2.24) is 15.1 Å². The number of hydrogen-bond donors (Lipinski definition) is 4. The predicted octanol–water partition coefficient (Wildman–Crippen LogP) is 15.8. The van der Waals surface area contributed by atoms with Gasteiger partial charge in [0, 0.05) is 49.7 Å². The average Bonchev–Trinajstić information content (AvgIpc) is 1.54. The van der Waals surface area contributed by atoms with Gasteiger partial charge in [-0.1, -0.05) is 153 Å². The maximum absolute atomic E-state index is 13.3. The van der Waals surface area contributed by atoms with Gasteiger partial charge < -0.3 is 45.5 Å². The second-order valence-electron chi connectivity index (χ2n) is 25.9. The molecule has 6 aliphatic heterocycles. The van der Waals surface area contributed by atoms with Gasteiger partial charge in [-0.3, -0.25) is 43.3 Å². The number of benzene rings is 4. The predicted molar refractivity (Wildman–Crippen MR) is 432 cm³/mol. The fourth-order valence-electron chi connectivity index (χ4n) is 11.8. The lowest BCUT2D eigenvalue weighted by Gasteiger charge is -2.25. The number of carbonyl (C=O) groups excluding carboxylic acids is 8. The number of ketones is 5. The molecule has 25 heteroatoms. The van der Waals surface area contributed by atoms with E-state index in [0.29, 0.717) is 145 Å². The number of amides is 2. The molecule has 0 unspecified atom stereocenters. The third-order valence-electron chi connectivity index (χ3n) is 17.9. The van der Waals surface area contributed by atoms with Crippen molar-refractivity contribution < 1.29 is 57.3 Å². The first kappa shape index (κ1) is 88.7. The minimum absolute atomic E-state index is 0.0207. The topological polar surface area (TPSA) is 266 Å². The van der Waals surface area contributed by atoms with E-state index in [1.807, 2.05) is 119 Å². The van der Waals surface area contributed by atoms with Gasteiger partial charge in [-0.15, -0.1) is 57.2 Å². The Bertz CT molecular complexity index is 4020. The maximum atomic E-state index is 13.3. The molecule has 3 fully saturated rings. The highest BCUT2D eigenvalue weighted by molar-refractivity contribution is 7.17. The van der Waals surface area contributed by atoms with Crippen molar-refractivity contribution in [3.8, 4) is 6.07 Å². The molecular formula is C82H102Cl3N7O12S3. The molecule has 0 radical (unpaired) electrons. The van der Waals surface area contributed by atoms with Crippen molar-refractivity contribution >= 4 is 130 Å². The van der Waals surface area contributed by atoms with Gasteiger partial charge in [0.05, 0.1) is 99.5 Å². The highest BCUT2D eigenvalue weighted by Crippen LogP contribution is 2.40. The van der Waals surface area contributed by atoms with E-state index >= 15 is 0 Å². The second kappa shape index (κ2) is 48.4. The monoisotopic (exact) mass is 1580 g/mol. The number of rotatable bonds is 17. The smallest absolute Gasteiger partial charge is 0.239 e. The van der Waals surface area contributed by atoms with E-state index in [-0.39, 0.29) is 53.1 Å². The minimum atomic E-state index is -0.508. The first-order valence-electron chi connectivity index (χ1n) is 36.5. The molecule has 0 atom stereocenters. The summed E-state index contributed by atoms with van der Waals surface area (Å²) in [5.41, 5.74) is 18.1. The molecule has 19 nitrogen and oxygen atoms in total. The lowest BCUT2D eigenvalue weighted by atomic mass is 9.97. The lowest BCUT2D eigenvalue weighted by molar-refractivity contribution is -0.124. The summed E-state index contributed by atoms with van der Waals surface area (Å²) in [6.45, 7) is 27.6. The molecule has 5 N–H and O–H groups in total. The normalized spacial score (nSPS) is 14.8. The fourth-order valence-corrected chi connectivity index (χ4v) is 15.3. The van der Waals surface area contributed by atoms with Crippen LogP contribution in [-0.2, 0) is 77.2 Å². The number of hydrogen-bond acceptors (Lipinski definition) is 20. The first-order valence-corrected chi connectivity index (χ1v) is 40.4. The number of ether oxygens (including phenoxy) is 4. The molecule has 0 aliphatic carbocycles. The number of carbonyl (C=O) groups is 8. The van der Waals surface area contributed by atoms with E-state index in [9.17, 15) is 38.4 Å². The van der Waals surface area contributed by atoms with Crippen LogP contribution in [0.5, 0.6) is 0 Å². The number of nitrogens with two attached hydrogens (primary N) is 1. The van der Waals surface area contributed by atoms with Gasteiger partial charge in [-0.2, -0.15) is 5.26 Å². The lowest BCUT2D eigenvalue weighted by Crippen LogP contribution is -2.36. The number of nitrogen functional groups attached to an aromatic ring is 1. The third-order valence-corrected chi connectivity index (χ3v) is 21.9. The van der Waals surface area contributed by atoms with Crippen LogP contribution >= 0.6 is 68.8 Å². The Morgan fingerprint density at radius 1 is 0.514 bits per heavy atom. The number of fused-ring (bicyclic) bond motifs is 3. The van der Waals surface area contributed by atoms with E-state index < -0.39 is 5.24 Å². The number of nitrogens with zero attached hydrogens (tertiary/aromatic N) is 3. The Morgan fingerprint density at radius 3 is 1.21 bits per heavy atom. The van der Waals surface area contributed by atoms with Crippen molar-refractivity contribution in [3.05, 3.63) is 190 Å². The molecule has 576 valence electrons. The summed E-state index contributed by atoms with van der Waals surface area (Å²) in [5.74, 6) is -0.440. The van der Waals surface area contributed by atoms with Crippen molar-refractivity contribution in [1.29, 1.82) is 5.26 Å². The summed E-state index contributed by atoms with van der Waals surface area (Å²) in [5, 5.41) is 18.7. The molecule has 7 aromatic rings. The molecular weight excluding hydrogens is 1480 g/mol. The Balaban J connectivity index is 0.000000205. The van der Waals surface area contributed by atoms with Gasteiger partial charge in [0.25, 0.3) is 0 Å². The molecule has 0 bridgehead atoms. The van der Waals surface area contributed by atoms with E-state index in [4.69, 9.17) is 64.7 Å². The van der Waals surface area contributed by atoms with Crippen LogP contribution in [0.25, 0.3) is 0 Å². The number of nitrogens with one attached hydrogen (secondary N) is 3. The van der Waals surface area contributed by atoms with Crippen LogP contribution < -0.4 is 21.7 Å². The molecule has 3 saturated heterocycles. The van der Waals surface area contributed by atoms with Crippen molar-refractivity contribution in [2.45, 2.75) is 145 Å². The Hall–Kier alpha value is -7.18. The van der Waals surface area contributed by atoms with Gasteiger partial charge >= 0.3 is 0 Å². The zero-order valence-electron chi connectivity index (χ0n) is 62.6. The quantitative estimate of drug-likeness (QED) is 0.0375. The molecule has 3 aromatic heterocycles. The average molecular weight is 1580 g/mol. The zero-order chi connectivity index (χ0) is 77.6. The number of aryl methyl sites for hydroxylation is 4. The number of likely N-dealkylation sites (tertiary alicyclic amines) is 1. The number of halogens is 3. The van der Waals surface area contributed by atoms with Crippen LogP contribution in [0.4, 0.5) is 15.0 Å². The van der Waals surface area contributed by atoms with Crippen molar-refractivity contribution in [3.63, 3.8) is 0 Å². The van der Waals surface area contributed by atoms with Crippen LogP contribution in [-0.4, -0.2) is 153 Å². The molecule has 6 aliphatic rings. The third kappa shape index (κ3) is 29.6. The molecule has 0 spiro atoms. The van der Waals surface area contributed by atoms with Crippen LogP contribution in [0, 0.1) is 39.0 Å². The van der Waals surface area contributed by atoms with Crippen LogP contribution in [0.3, 0.4) is 0 Å². The van der Waals surface area contributed by atoms with Crippen LogP contribution in [0.1, 0.15) is 190 Å². The Labute approximate surface area is 657 Å². The Kier molecular flexibility index (Phi) is 40.1. The van der Waals surface area contributed by atoms with Gasteiger partial charge in [0.1, 0.15) is 21.7 Å². The summed E-state index contributed by atoms with van der Waals surface area (Å²) >= 11 is 19.5. The second-order valence-corrected chi connectivity index (χ2v) is 30.2. The summed E-state index contributed by atoms with van der Waals surface area (Å²) in [7, 11) is 0. The molecule has 2 amide bonds. The first-order chi connectivity index (χ1) is 51.6. The highest BCUT2D eigenvalue weighted by Gasteiger charge is 2.30. The maximum Gasteiger partial charge on any atom is 0.239 e. The van der Waals surface area contributed by atoms with E-state index in [0.717, 1.165) is 85.9 Å². The van der Waals surface area contributed by atoms with E-state index in [1.165, 1.54) is 92.4 Å². The summed E-state index contributed by atoms with van der Waals surface area (Å²) in [4.78, 5) is 102. The van der Waals surface area contributed by atoms with Gasteiger partial charge in [0.2, 0.25) is 17.1 Å². The molecule has 4 aromatic carbocycles. The number of Topliss-reactive ketones (excluding diaryl/α,β-unsaturated/α-hetero) is 2. The zero-order valence-corrected chi connectivity index (χ0v) is 67.3. The molecule has 13 rings (SSSR count). The van der Waals surface area contributed by atoms with E-state index in [2.05, 4.69) is 46.5 Å². The largest absolute Gasteiger partial charge is 0.390 e. The number of anilines is 3. The van der Waals surface area contributed by atoms with Crippen molar-refractivity contribution in [2.75, 3.05) is 114 Å². The van der Waals surface area contributed by atoms with Gasteiger partial charge in [0.15, 0.2) is 23.1 Å². The minimum Gasteiger partial charge on any atom is -0.390 e. The fraction of sp³-hybridized carbons (Fsp3) is 0.451. The van der Waals surface area contributed by atoms with E-state index in [1.54, 1.807) is 12.1 Å². The highest BCUT2D eigenvalue weighted by atomic mass is 35.5. The van der Waals surface area contributed by atoms with Gasteiger partial charge in [-0.25, -0.2) is 0 Å². The Morgan fingerprint density at radius 2 is 0.879 bits per heavy atom. The van der Waals surface area contributed by atoms with Crippen LogP contribution in [0.2, 0.25) is 0 Å². The molecule has 0 saturated carbocycles. The number of nitriles is 1. The summed E-state index contributed by atoms with van der Waals surface area (Å²) < 4.78 is 21.4. The number of alkyl halides is 2. The summed E-state index contributed by atoms with van der Waals surface area (Å²) in [6.07, 6.45) is 11.1. The van der Waals surface area contributed by atoms with Crippen LogP contribution in [0.15, 0.2) is 97.1 Å². The summed E-state index contributed by atoms with van der Waals surface area (Å²) in [6, 6.07) is 31.7. The van der Waals surface area contributed by atoms with Crippen molar-refractivity contribution in [2.24, 2.45) is 0 Å². The number of thiophene rings is 3. The van der Waals surface area contributed by atoms with Gasteiger partial charge in [-0.05, 0) is 147 Å². The number of piperidine rings is 2. The molecule has 107 heavy (non-hydrogen) atoms.